The maximum absolute atomic E-state index is 11.1. The van der Waals surface area contributed by atoms with Crippen LogP contribution < -0.4 is 5.73 Å². The van der Waals surface area contributed by atoms with Crippen LogP contribution in [0.25, 0.3) is 22.5 Å². The fraction of sp³-hybridized carbons (Fsp3) is 0.0556. The van der Waals surface area contributed by atoms with E-state index in [2.05, 4.69) is 9.97 Å². The molecule has 0 spiro atoms. The van der Waals surface area contributed by atoms with Crippen LogP contribution in [0.5, 0.6) is 0 Å². The summed E-state index contributed by atoms with van der Waals surface area (Å²) in [5.41, 5.74) is 10.6. The van der Waals surface area contributed by atoms with E-state index in [0.717, 1.165) is 11.1 Å². The zero-order valence-corrected chi connectivity index (χ0v) is 12.5. The lowest BCUT2D eigenvalue weighted by Crippen LogP contribution is -2.02. The summed E-state index contributed by atoms with van der Waals surface area (Å²) in [6, 6.07) is 14.8. The lowest BCUT2D eigenvalue weighted by Gasteiger charge is -2.12. The second-order valence-electron chi connectivity index (χ2n) is 5.19. The molecule has 114 valence electrons. The first-order chi connectivity index (χ1) is 11.1. The van der Waals surface area contributed by atoms with Crippen molar-refractivity contribution >= 4 is 11.7 Å². The molecule has 3 N–H and O–H groups in total. The standard InChI is InChI=1S/C18H15N3O2/c1-11-9-14(19)17(12-5-3-2-4-6-12)21-16(11)13-7-8-20-15(10-13)18(22)23/h2-10H,19H2,1H3,(H,22,23). The molecule has 2 aromatic heterocycles. The number of nitrogens with zero attached hydrogens (tertiary/aromatic N) is 2. The fourth-order valence-electron chi connectivity index (χ4n) is 2.45. The Labute approximate surface area is 133 Å². The average molecular weight is 305 g/mol. The molecule has 0 amide bonds. The van der Waals surface area contributed by atoms with Crippen molar-refractivity contribution < 1.29 is 9.90 Å². The second kappa shape index (κ2) is 5.88. The third kappa shape index (κ3) is 2.89. The molecule has 5 heteroatoms. The van der Waals surface area contributed by atoms with Crippen molar-refractivity contribution in [3.05, 3.63) is 66.0 Å². The highest BCUT2D eigenvalue weighted by molar-refractivity contribution is 5.87. The van der Waals surface area contributed by atoms with E-state index in [0.29, 0.717) is 22.6 Å². The van der Waals surface area contributed by atoms with Crippen molar-refractivity contribution in [1.82, 2.24) is 9.97 Å². The number of aromatic carboxylic acids is 1. The normalized spacial score (nSPS) is 10.5. The number of carboxylic acids is 1. The maximum atomic E-state index is 11.1. The van der Waals surface area contributed by atoms with E-state index in [4.69, 9.17) is 10.8 Å². The van der Waals surface area contributed by atoms with Gasteiger partial charge in [0.05, 0.1) is 17.1 Å². The first-order valence-electron chi connectivity index (χ1n) is 7.08. The number of carboxylic acid groups (broad SMARTS) is 1. The minimum Gasteiger partial charge on any atom is -0.477 e. The Morgan fingerprint density at radius 3 is 2.48 bits per heavy atom. The largest absolute Gasteiger partial charge is 0.477 e. The minimum atomic E-state index is -1.07. The van der Waals surface area contributed by atoms with Gasteiger partial charge in [0, 0.05) is 17.3 Å². The monoisotopic (exact) mass is 305 g/mol. The van der Waals surface area contributed by atoms with Crippen LogP contribution in [-0.2, 0) is 0 Å². The molecule has 0 aliphatic rings. The summed E-state index contributed by atoms with van der Waals surface area (Å²) in [4.78, 5) is 19.6. The van der Waals surface area contributed by atoms with E-state index in [-0.39, 0.29) is 5.69 Å². The van der Waals surface area contributed by atoms with Crippen molar-refractivity contribution in [3.8, 4) is 22.5 Å². The highest BCUT2D eigenvalue weighted by Crippen LogP contribution is 2.30. The van der Waals surface area contributed by atoms with Crippen LogP contribution >= 0.6 is 0 Å². The van der Waals surface area contributed by atoms with Crippen LogP contribution in [0, 0.1) is 6.92 Å². The third-order valence-corrected chi connectivity index (χ3v) is 3.54. The van der Waals surface area contributed by atoms with Gasteiger partial charge < -0.3 is 10.8 Å². The first-order valence-corrected chi connectivity index (χ1v) is 7.08. The molecule has 2 heterocycles. The molecule has 3 aromatic rings. The number of benzene rings is 1. The Morgan fingerprint density at radius 2 is 1.78 bits per heavy atom. The van der Waals surface area contributed by atoms with Crippen LogP contribution in [0.3, 0.4) is 0 Å². The number of anilines is 1. The molecule has 0 saturated carbocycles. The van der Waals surface area contributed by atoms with E-state index >= 15 is 0 Å². The van der Waals surface area contributed by atoms with Gasteiger partial charge >= 0.3 is 5.97 Å². The van der Waals surface area contributed by atoms with Crippen LogP contribution in [0.1, 0.15) is 16.1 Å². The van der Waals surface area contributed by atoms with Crippen LogP contribution in [-0.4, -0.2) is 21.0 Å². The second-order valence-corrected chi connectivity index (χ2v) is 5.19. The van der Waals surface area contributed by atoms with Crippen molar-refractivity contribution in [2.45, 2.75) is 6.92 Å². The van der Waals surface area contributed by atoms with Gasteiger partial charge in [0.25, 0.3) is 0 Å². The molecule has 0 aliphatic heterocycles. The number of nitrogens with two attached hydrogens (primary N) is 1. The molecular weight excluding hydrogens is 290 g/mol. The Hall–Kier alpha value is -3.21. The number of rotatable bonds is 3. The van der Waals surface area contributed by atoms with Gasteiger partial charge in [-0.15, -0.1) is 0 Å². The zero-order valence-electron chi connectivity index (χ0n) is 12.5. The molecule has 0 bridgehead atoms. The summed E-state index contributed by atoms with van der Waals surface area (Å²) in [5.74, 6) is -1.07. The molecule has 0 atom stereocenters. The van der Waals surface area contributed by atoms with Gasteiger partial charge in [-0.05, 0) is 30.7 Å². The predicted octanol–water partition coefficient (Wildman–Crippen LogP) is 3.40. The minimum absolute atomic E-state index is 0.0122. The number of aromatic nitrogens is 2. The van der Waals surface area contributed by atoms with Gasteiger partial charge in [0.1, 0.15) is 5.69 Å². The summed E-state index contributed by atoms with van der Waals surface area (Å²) in [7, 11) is 0. The number of hydrogen-bond acceptors (Lipinski definition) is 4. The summed E-state index contributed by atoms with van der Waals surface area (Å²) >= 11 is 0. The van der Waals surface area contributed by atoms with Crippen molar-refractivity contribution in [2.24, 2.45) is 0 Å². The van der Waals surface area contributed by atoms with Crippen LogP contribution in [0.2, 0.25) is 0 Å². The van der Waals surface area contributed by atoms with Crippen LogP contribution in [0.4, 0.5) is 5.69 Å². The Balaban J connectivity index is 2.17. The van der Waals surface area contributed by atoms with Gasteiger partial charge in [-0.1, -0.05) is 30.3 Å². The van der Waals surface area contributed by atoms with Crippen molar-refractivity contribution in [1.29, 1.82) is 0 Å². The number of pyridine rings is 2. The summed E-state index contributed by atoms with van der Waals surface area (Å²) in [5, 5.41) is 9.10. The lowest BCUT2D eigenvalue weighted by atomic mass is 10.0. The fourth-order valence-corrected chi connectivity index (χ4v) is 2.45. The van der Waals surface area contributed by atoms with Gasteiger partial charge in [0.15, 0.2) is 0 Å². The molecule has 1 aromatic carbocycles. The summed E-state index contributed by atoms with van der Waals surface area (Å²) < 4.78 is 0. The molecule has 5 nitrogen and oxygen atoms in total. The van der Waals surface area contributed by atoms with Gasteiger partial charge in [-0.2, -0.15) is 0 Å². The Bertz CT molecular complexity index is 877. The van der Waals surface area contributed by atoms with Gasteiger partial charge in [0.2, 0.25) is 0 Å². The maximum Gasteiger partial charge on any atom is 0.354 e. The number of nitrogen functional groups attached to an aromatic ring is 1. The van der Waals surface area contributed by atoms with Gasteiger partial charge in [-0.25, -0.2) is 14.8 Å². The van der Waals surface area contributed by atoms with E-state index in [1.165, 1.54) is 12.3 Å². The molecular formula is C18H15N3O2. The van der Waals surface area contributed by atoms with E-state index in [9.17, 15) is 4.79 Å². The zero-order chi connectivity index (χ0) is 16.4. The van der Waals surface area contributed by atoms with E-state index in [1.807, 2.05) is 43.3 Å². The van der Waals surface area contributed by atoms with Crippen LogP contribution in [0.15, 0.2) is 54.7 Å². The lowest BCUT2D eigenvalue weighted by molar-refractivity contribution is 0.0690. The van der Waals surface area contributed by atoms with Gasteiger partial charge in [-0.3, -0.25) is 0 Å². The first kappa shape index (κ1) is 14.7. The van der Waals surface area contributed by atoms with Crippen molar-refractivity contribution in [2.75, 3.05) is 5.73 Å². The van der Waals surface area contributed by atoms with Crippen molar-refractivity contribution in [3.63, 3.8) is 0 Å². The smallest absolute Gasteiger partial charge is 0.354 e. The average Bonchev–Trinajstić information content (AvgIpc) is 2.56. The quantitative estimate of drug-likeness (QED) is 0.774. The highest BCUT2D eigenvalue weighted by Gasteiger charge is 2.13. The SMILES string of the molecule is Cc1cc(N)c(-c2ccccc2)nc1-c1ccnc(C(=O)O)c1. The Morgan fingerprint density at radius 1 is 1.04 bits per heavy atom. The molecule has 0 radical (unpaired) electrons. The van der Waals surface area contributed by atoms with E-state index in [1.54, 1.807) is 6.07 Å². The number of aryl methyl sites for hydroxylation is 1. The summed E-state index contributed by atoms with van der Waals surface area (Å²) in [6.45, 7) is 1.90. The Kier molecular flexibility index (Phi) is 3.76. The number of carbonyl (C=O) groups is 1. The molecule has 0 fully saturated rings. The molecule has 3 rings (SSSR count). The topological polar surface area (TPSA) is 89.1 Å². The summed E-state index contributed by atoms with van der Waals surface area (Å²) in [6.07, 6.45) is 1.47. The predicted molar refractivity (Wildman–Crippen MR) is 89.0 cm³/mol. The molecule has 0 unspecified atom stereocenters. The third-order valence-electron chi connectivity index (χ3n) is 3.54. The molecule has 0 aliphatic carbocycles. The number of hydrogen-bond donors (Lipinski definition) is 2. The van der Waals surface area contributed by atoms with E-state index < -0.39 is 5.97 Å². The highest BCUT2D eigenvalue weighted by atomic mass is 16.4. The molecule has 0 saturated heterocycles. The molecule has 23 heavy (non-hydrogen) atoms.